The number of aliphatic hydroxyl groups is 1. The summed E-state index contributed by atoms with van der Waals surface area (Å²) in [6.45, 7) is 11.0. The fourth-order valence-corrected chi connectivity index (χ4v) is 1.49. The summed E-state index contributed by atoms with van der Waals surface area (Å²) >= 11 is 0. The van der Waals surface area contributed by atoms with Crippen LogP contribution in [-0.4, -0.2) is 18.4 Å². The zero-order valence-electron chi connectivity index (χ0n) is 11.3. The van der Waals surface area contributed by atoms with Gasteiger partial charge >= 0.3 is 0 Å². The molecule has 0 rings (SSSR count). The molecule has 0 aliphatic carbocycles. The topological polar surface area (TPSA) is 20.2 Å². The van der Waals surface area contributed by atoms with Crippen molar-refractivity contribution in [1.29, 1.82) is 0 Å². The predicted molar refractivity (Wildman–Crippen MR) is 65.8 cm³/mol. The predicted octanol–water partition coefficient (Wildman–Crippen LogP) is 4.20. The van der Waals surface area contributed by atoms with E-state index in [0.29, 0.717) is 7.18 Å². The second-order valence-electron chi connectivity index (χ2n) is 5.51. The van der Waals surface area contributed by atoms with Crippen molar-refractivity contribution in [1.82, 2.24) is 0 Å². The first-order valence-corrected chi connectivity index (χ1v) is 5.91. The van der Waals surface area contributed by atoms with Gasteiger partial charge in [-0.25, -0.2) is 0 Å². The molecule has 94 valence electrons. The summed E-state index contributed by atoms with van der Waals surface area (Å²) < 4.78 is 9.50. The summed E-state index contributed by atoms with van der Waals surface area (Å²) in [5.74, 6) is 0.759. The molecule has 1 nitrogen and oxygen atoms in total. The number of hydrogen-bond acceptors (Lipinski definition) is 1. The van der Waals surface area contributed by atoms with Crippen LogP contribution in [0.1, 0.15) is 60.3 Å². The first-order valence-electron chi connectivity index (χ1n) is 5.91. The molecule has 15 heavy (non-hydrogen) atoms. The van der Waals surface area contributed by atoms with Crippen LogP contribution >= 0.6 is 0 Å². The molecule has 0 aromatic heterocycles. The van der Waals surface area contributed by atoms with Crippen molar-refractivity contribution < 1.29 is 9.50 Å². The lowest BCUT2D eigenvalue weighted by Gasteiger charge is -2.23. The molecule has 0 spiro atoms. The molecule has 2 unspecified atom stereocenters. The van der Waals surface area contributed by atoms with E-state index in [1.165, 1.54) is 6.42 Å². The summed E-state index contributed by atoms with van der Waals surface area (Å²) in [7, 11) is 0.500. The molecule has 0 bridgehead atoms. The first kappa shape index (κ1) is 17.3. The van der Waals surface area contributed by atoms with E-state index in [2.05, 4.69) is 34.6 Å². The Hall–Kier alpha value is -0.110. The van der Waals surface area contributed by atoms with E-state index in [-0.39, 0.29) is 11.5 Å². The highest BCUT2D eigenvalue weighted by molar-refractivity contribution is 4.68. The van der Waals surface area contributed by atoms with E-state index < -0.39 is 0 Å². The third-order valence-corrected chi connectivity index (χ3v) is 2.54. The molecule has 0 heterocycles. The van der Waals surface area contributed by atoms with Crippen LogP contribution in [0.15, 0.2) is 0 Å². The van der Waals surface area contributed by atoms with Gasteiger partial charge in [0.25, 0.3) is 0 Å². The highest BCUT2D eigenvalue weighted by Crippen LogP contribution is 2.23. The maximum atomic E-state index is 9.73. The van der Waals surface area contributed by atoms with Crippen molar-refractivity contribution >= 4 is 0 Å². The van der Waals surface area contributed by atoms with Crippen LogP contribution in [0.25, 0.3) is 0 Å². The average Bonchev–Trinajstić information content (AvgIpc) is 2.14. The molecule has 0 aliphatic heterocycles. The molecule has 0 amide bonds. The summed E-state index contributed by atoms with van der Waals surface area (Å²) in [6, 6.07) is 0. The molecule has 0 saturated carbocycles. The van der Waals surface area contributed by atoms with Crippen molar-refractivity contribution in [2.24, 2.45) is 11.3 Å². The maximum absolute atomic E-state index is 9.73. The molecule has 0 aromatic carbocycles. The Kier molecular flexibility index (Phi) is 10.5. The molecule has 0 aliphatic rings. The van der Waals surface area contributed by atoms with Crippen molar-refractivity contribution in [3.05, 3.63) is 0 Å². The number of halogens is 1. The molecule has 0 radical (unpaired) electrons. The Labute approximate surface area is 95.1 Å². The minimum atomic E-state index is -0.103. The van der Waals surface area contributed by atoms with Crippen LogP contribution in [0.3, 0.4) is 0 Å². The third-order valence-electron chi connectivity index (χ3n) is 2.54. The maximum Gasteiger partial charge on any atom is 0.0785 e. The van der Waals surface area contributed by atoms with E-state index in [1.807, 2.05) is 0 Å². The lowest BCUT2D eigenvalue weighted by molar-refractivity contribution is 0.106. The van der Waals surface area contributed by atoms with Crippen LogP contribution < -0.4 is 0 Å². The smallest absolute Gasteiger partial charge is 0.0785 e. The largest absolute Gasteiger partial charge is 0.393 e. The normalized spacial score (nSPS) is 15.2. The van der Waals surface area contributed by atoms with E-state index in [4.69, 9.17) is 0 Å². The summed E-state index contributed by atoms with van der Waals surface area (Å²) in [4.78, 5) is 0. The molecule has 0 fully saturated rings. The first-order chi connectivity index (χ1) is 6.85. The number of aliphatic hydroxyl groups excluding tert-OH is 1. The second kappa shape index (κ2) is 9.14. The van der Waals surface area contributed by atoms with Gasteiger partial charge in [-0.2, -0.15) is 0 Å². The number of rotatable bonds is 5. The molecule has 1 N–H and O–H groups in total. The Morgan fingerprint density at radius 1 is 1.13 bits per heavy atom. The molecule has 2 atom stereocenters. The molecular weight excluding hydrogens is 191 g/mol. The van der Waals surface area contributed by atoms with Crippen LogP contribution in [0.2, 0.25) is 0 Å². The van der Waals surface area contributed by atoms with E-state index in [9.17, 15) is 9.50 Å². The Morgan fingerprint density at radius 3 is 1.93 bits per heavy atom. The molecule has 2 heteroatoms. The van der Waals surface area contributed by atoms with E-state index in [0.717, 1.165) is 25.2 Å². The fraction of sp³-hybridized carbons (Fsp3) is 1.00. The van der Waals surface area contributed by atoms with Gasteiger partial charge in [0.2, 0.25) is 0 Å². The van der Waals surface area contributed by atoms with Gasteiger partial charge in [-0.15, -0.1) is 0 Å². The van der Waals surface area contributed by atoms with E-state index in [1.54, 1.807) is 0 Å². The van der Waals surface area contributed by atoms with Crippen LogP contribution in [0.5, 0.6) is 0 Å². The zero-order chi connectivity index (χ0) is 12.5. The molecule has 0 saturated heterocycles. The van der Waals surface area contributed by atoms with Crippen molar-refractivity contribution in [2.45, 2.75) is 66.4 Å². The van der Waals surface area contributed by atoms with E-state index >= 15 is 0 Å². The summed E-state index contributed by atoms with van der Waals surface area (Å²) in [6.07, 6.45) is 4.17. The van der Waals surface area contributed by atoms with Crippen LogP contribution in [0.4, 0.5) is 4.39 Å². The fourth-order valence-electron chi connectivity index (χ4n) is 1.49. The van der Waals surface area contributed by atoms with Gasteiger partial charge in [0.05, 0.1) is 13.3 Å². The standard InChI is InChI=1S/C12H26O.CH3F/c1-6-10(2)7-8-11(13)9-12(3,4)5;1-2/h10-11,13H,6-9H2,1-5H3;1H3. The minimum Gasteiger partial charge on any atom is -0.393 e. The van der Waals surface area contributed by atoms with Crippen LogP contribution in [-0.2, 0) is 0 Å². The van der Waals surface area contributed by atoms with Gasteiger partial charge in [0, 0.05) is 0 Å². The monoisotopic (exact) mass is 220 g/mol. The highest BCUT2D eigenvalue weighted by atomic mass is 19.1. The third kappa shape index (κ3) is 13.9. The van der Waals surface area contributed by atoms with Crippen molar-refractivity contribution in [2.75, 3.05) is 7.18 Å². The second-order valence-corrected chi connectivity index (χ2v) is 5.51. The van der Waals surface area contributed by atoms with Gasteiger partial charge in [-0.1, -0.05) is 41.0 Å². The Balaban J connectivity index is 0. The highest BCUT2D eigenvalue weighted by Gasteiger charge is 2.16. The quantitative estimate of drug-likeness (QED) is 0.736. The molecular formula is C13H29FO. The number of hydrogen-bond donors (Lipinski definition) is 1. The van der Waals surface area contributed by atoms with Gasteiger partial charge < -0.3 is 5.11 Å². The van der Waals surface area contributed by atoms with Gasteiger partial charge in [-0.3, -0.25) is 4.39 Å². The lowest BCUT2D eigenvalue weighted by atomic mass is 9.87. The molecule has 0 aromatic rings. The Morgan fingerprint density at radius 2 is 1.60 bits per heavy atom. The van der Waals surface area contributed by atoms with Gasteiger partial charge in [0.15, 0.2) is 0 Å². The minimum absolute atomic E-state index is 0.103. The number of alkyl halides is 1. The summed E-state index contributed by atoms with van der Waals surface area (Å²) in [5, 5.41) is 9.73. The van der Waals surface area contributed by atoms with Crippen molar-refractivity contribution in [3.63, 3.8) is 0 Å². The summed E-state index contributed by atoms with van der Waals surface area (Å²) in [5.41, 5.74) is 0.259. The van der Waals surface area contributed by atoms with Gasteiger partial charge in [-0.05, 0) is 30.6 Å². The van der Waals surface area contributed by atoms with Crippen molar-refractivity contribution in [3.8, 4) is 0 Å². The lowest BCUT2D eigenvalue weighted by Crippen LogP contribution is -2.18. The Bertz CT molecular complexity index is 129. The van der Waals surface area contributed by atoms with Crippen LogP contribution in [0, 0.1) is 11.3 Å². The van der Waals surface area contributed by atoms with Gasteiger partial charge in [0.1, 0.15) is 0 Å². The average molecular weight is 220 g/mol. The zero-order valence-corrected chi connectivity index (χ0v) is 11.3. The SMILES string of the molecule is CCC(C)CCC(O)CC(C)(C)C.CF.